The number of nitrogens with zero attached hydrogens (tertiary/aromatic N) is 2. The summed E-state index contributed by atoms with van der Waals surface area (Å²) in [6.07, 6.45) is 2.21. The van der Waals surface area contributed by atoms with Gasteiger partial charge in [-0.15, -0.1) is 0 Å². The second-order valence-corrected chi connectivity index (χ2v) is 8.56. The SMILES string of the molecule is Cc1ccccc1CCNC(=O)c1cc(S(=O)(=O)N2CCOCC2)cn1C. The number of morpholine rings is 1. The highest BCUT2D eigenvalue weighted by Crippen LogP contribution is 2.19. The number of benzene rings is 1. The molecule has 27 heavy (non-hydrogen) atoms. The number of amides is 1. The summed E-state index contributed by atoms with van der Waals surface area (Å²) in [5, 5.41) is 2.87. The number of hydrogen-bond acceptors (Lipinski definition) is 4. The van der Waals surface area contributed by atoms with Crippen molar-refractivity contribution in [3.05, 3.63) is 53.3 Å². The zero-order chi connectivity index (χ0) is 19.4. The molecule has 0 unspecified atom stereocenters. The Hall–Kier alpha value is -2.16. The maximum atomic E-state index is 12.7. The van der Waals surface area contributed by atoms with Gasteiger partial charge in [0.05, 0.1) is 13.2 Å². The summed E-state index contributed by atoms with van der Waals surface area (Å²) >= 11 is 0. The molecule has 0 bridgehead atoms. The van der Waals surface area contributed by atoms with E-state index >= 15 is 0 Å². The lowest BCUT2D eigenvalue weighted by Gasteiger charge is -2.25. The van der Waals surface area contributed by atoms with E-state index in [-0.39, 0.29) is 10.8 Å². The number of aryl methyl sites for hydroxylation is 2. The fourth-order valence-electron chi connectivity index (χ4n) is 3.13. The molecule has 7 nitrogen and oxygen atoms in total. The topological polar surface area (TPSA) is 80.6 Å². The molecule has 1 aliphatic heterocycles. The molecule has 2 aromatic rings. The minimum Gasteiger partial charge on any atom is -0.379 e. The highest BCUT2D eigenvalue weighted by atomic mass is 32.2. The van der Waals surface area contributed by atoms with E-state index in [1.807, 2.05) is 31.2 Å². The maximum absolute atomic E-state index is 12.7. The molecule has 3 rings (SSSR count). The van der Waals surface area contributed by atoms with Gasteiger partial charge in [0.25, 0.3) is 5.91 Å². The zero-order valence-corrected chi connectivity index (χ0v) is 16.5. The Morgan fingerprint density at radius 2 is 1.93 bits per heavy atom. The van der Waals surface area contributed by atoms with Gasteiger partial charge in [-0.1, -0.05) is 24.3 Å². The lowest BCUT2D eigenvalue weighted by Crippen LogP contribution is -2.40. The summed E-state index contributed by atoms with van der Waals surface area (Å²) in [7, 11) is -1.94. The fraction of sp³-hybridized carbons (Fsp3) is 0.421. The number of nitrogens with one attached hydrogen (secondary N) is 1. The third kappa shape index (κ3) is 4.40. The van der Waals surface area contributed by atoms with E-state index in [2.05, 4.69) is 5.32 Å². The first kappa shape index (κ1) is 19.6. The van der Waals surface area contributed by atoms with Crippen LogP contribution in [0.2, 0.25) is 0 Å². The Morgan fingerprint density at radius 3 is 2.63 bits per heavy atom. The van der Waals surface area contributed by atoms with E-state index in [0.29, 0.717) is 38.5 Å². The molecular formula is C19H25N3O4S. The third-order valence-electron chi connectivity index (χ3n) is 4.76. The lowest BCUT2D eigenvalue weighted by atomic mass is 10.1. The molecule has 1 aromatic heterocycles. The van der Waals surface area contributed by atoms with Gasteiger partial charge in [0, 0.05) is 32.9 Å². The summed E-state index contributed by atoms with van der Waals surface area (Å²) in [5.74, 6) is -0.283. The molecular weight excluding hydrogens is 366 g/mol. The van der Waals surface area contributed by atoms with E-state index in [0.717, 1.165) is 6.42 Å². The van der Waals surface area contributed by atoms with Gasteiger partial charge in [0.2, 0.25) is 10.0 Å². The standard InChI is InChI=1S/C19H25N3O4S/c1-15-5-3-4-6-16(15)7-8-20-19(23)18-13-17(14-21(18)2)27(24,25)22-9-11-26-12-10-22/h3-6,13-14H,7-12H2,1-2H3,(H,20,23). The van der Waals surface area contributed by atoms with Crippen molar-refractivity contribution in [2.75, 3.05) is 32.8 Å². The molecule has 146 valence electrons. The lowest BCUT2D eigenvalue weighted by molar-refractivity contribution is 0.0730. The molecule has 0 atom stereocenters. The van der Waals surface area contributed by atoms with Gasteiger partial charge in [-0.3, -0.25) is 4.79 Å². The van der Waals surface area contributed by atoms with Crippen molar-refractivity contribution in [2.45, 2.75) is 18.2 Å². The average Bonchev–Trinajstić information content (AvgIpc) is 3.06. The number of rotatable bonds is 6. The van der Waals surface area contributed by atoms with Gasteiger partial charge in [0.1, 0.15) is 10.6 Å². The Kier molecular flexibility index (Phi) is 5.98. The molecule has 0 saturated carbocycles. The molecule has 2 heterocycles. The van der Waals surface area contributed by atoms with Crippen LogP contribution in [0.25, 0.3) is 0 Å². The van der Waals surface area contributed by atoms with Crippen LogP contribution in [0.15, 0.2) is 41.4 Å². The van der Waals surface area contributed by atoms with Gasteiger partial charge < -0.3 is 14.6 Å². The average molecular weight is 391 g/mol. The predicted molar refractivity (Wildman–Crippen MR) is 102 cm³/mol. The molecule has 1 fully saturated rings. The van der Waals surface area contributed by atoms with Crippen LogP contribution in [0.5, 0.6) is 0 Å². The summed E-state index contributed by atoms with van der Waals surface area (Å²) in [4.78, 5) is 12.6. The first-order valence-corrected chi connectivity index (χ1v) is 10.4. The van der Waals surface area contributed by atoms with Crippen LogP contribution in [0.3, 0.4) is 0 Å². The van der Waals surface area contributed by atoms with Crippen molar-refractivity contribution in [2.24, 2.45) is 7.05 Å². The van der Waals surface area contributed by atoms with Crippen molar-refractivity contribution in [3.63, 3.8) is 0 Å². The van der Waals surface area contributed by atoms with Gasteiger partial charge in [-0.2, -0.15) is 4.31 Å². The smallest absolute Gasteiger partial charge is 0.267 e. The van der Waals surface area contributed by atoms with Gasteiger partial charge in [0.15, 0.2) is 0 Å². The van der Waals surface area contributed by atoms with Crippen LogP contribution in [0.1, 0.15) is 21.6 Å². The fourth-order valence-corrected chi connectivity index (χ4v) is 4.61. The highest BCUT2D eigenvalue weighted by molar-refractivity contribution is 7.89. The number of carbonyl (C=O) groups is 1. The van der Waals surface area contributed by atoms with Gasteiger partial charge in [-0.05, 0) is 30.5 Å². The minimum atomic E-state index is -3.61. The van der Waals surface area contributed by atoms with Gasteiger partial charge >= 0.3 is 0 Å². The number of aromatic nitrogens is 1. The largest absolute Gasteiger partial charge is 0.379 e. The first-order valence-electron chi connectivity index (χ1n) is 8.96. The molecule has 0 spiro atoms. The van der Waals surface area contributed by atoms with Crippen molar-refractivity contribution in [1.82, 2.24) is 14.2 Å². The highest BCUT2D eigenvalue weighted by Gasteiger charge is 2.28. The third-order valence-corrected chi connectivity index (χ3v) is 6.63. The zero-order valence-electron chi connectivity index (χ0n) is 15.6. The number of hydrogen-bond donors (Lipinski definition) is 1. The molecule has 1 aliphatic rings. The van der Waals surface area contributed by atoms with Crippen molar-refractivity contribution in [1.29, 1.82) is 0 Å². The van der Waals surface area contributed by atoms with Crippen LogP contribution in [-0.2, 0) is 28.2 Å². The van der Waals surface area contributed by atoms with Crippen molar-refractivity contribution >= 4 is 15.9 Å². The van der Waals surface area contributed by atoms with E-state index in [9.17, 15) is 13.2 Å². The minimum absolute atomic E-state index is 0.135. The molecule has 0 aliphatic carbocycles. The first-order chi connectivity index (χ1) is 12.9. The van der Waals surface area contributed by atoms with Crippen molar-refractivity contribution in [3.8, 4) is 0 Å². The van der Waals surface area contributed by atoms with Crippen LogP contribution in [-0.4, -0.2) is 56.0 Å². The second kappa shape index (κ2) is 8.24. The Labute approximate surface area is 160 Å². The van der Waals surface area contributed by atoms with E-state index in [1.165, 1.54) is 27.7 Å². The Balaban J connectivity index is 1.66. The summed E-state index contributed by atoms with van der Waals surface area (Å²) in [6.45, 7) is 3.96. The molecule has 8 heteroatoms. The quantitative estimate of drug-likeness (QED) is 0.806. The number of ether oxygens (including phenoxy) is 1. The van der Waals surface area contributed by atoms with Crippen LogP contribution in [0.4, 0.5) is 0 Å². The van der Waals surface area contributed by atoms with Gasteiger partial charge in [-0.25, -0.2) is 8.42 Å². The number of carbonyl (C=O) groups excluding carboxylic acids is 1. The summed E-state index contributed by atoms with van der Waals surface area (Å²) in [6, 6.07) is 9.48. The Morgan fingerprint density at radius 1 is 1.22 bits per heavy atom. The van der Waals surface area contributed by atoms with E-state index in [4.69, 9.17) is 4.74 Å². The molecule has 1 saturated heterocycles. The molecule has 1 aromatic carbocycles. The number of sulfonamides is 1. The monoisotopic (exact) mass is 391 g/mol. The van der Waals surface area contributed by atoms with Crippen molar-refractivity contribution < 1.29 is 17.9 Å². The molecule has 0 radical (unpaired) electrons. The maximum Gasteiger partial charge on any atom is 0.267 e. The van der Waals surface area contributed by atoms with E-state index in [1.54, 1.807) is 11.6 Å². The molecule has 1 amide bonds. The van der Waals surface area contributed by atoms with Crippen LogP contribution >= 0.6 is 0 Å². The Bertz CT molecular complexity index is 915. The summed E-state index contributed by atoms with van der Waals surface area (Å²) in [5.41, 5.74) is 2.69. The van der Waals surface area contributed by atoms with E-state index < -0.39 is 10.0 Å². The van der Waals surface area contributed by atoms with Crippen LogP contribution in [0, 0.1) is 6.92 Å². The molecule has 1 N–H and O–H groups in total. The summed E-state index contributed by atoms with van der Waals surface area (Å²) < 4.78 is 33.6. The predicted octanol–water partition coefficient (Wildman–Crippen LogP) is 1.33. The normalized spacial score (nSPS) is 15.6. The van der Waals surface area contributed by atoms with Crippen LogP contribution < -0.4 is 5.32 Å². The second-order valence-electron chi connectivity index (χ2n) is 6.62.